The van der Waals surface area contributed by atoms with Gasteiger partial charge in [-0.25, -0.2) is 10.9 Å². The number of methoxy groups -OCH3 is 2. The highest BCUT2D eigenvalue weighted by molar-refractivity contribution is 5.98. The van der Waals surface area contributed by atoms with E-state index in [1.807, 2.05) is 72.8 Å². The minimum Gasteiger partial charge on any atom is -0.497 e. The SMILES string of the molecule is COc1ccc2cc(/C=N/NC(=O)CC(=O)N/N=C/c3ccc4cc(OC)ccc4c3)ccc2c1. The molecule has 8 heteroatoms. The summed E-state index contributed by atoms with van der Waals surface area (Å²) in [6.45, 7) is 0. The van der Waals surface area contributed by atoms with Gasteiger partial charge in [-0.2, -0.15) is 10.2 Å². The molecule has 4 aromatic rings. The lowest BCUT2D eigenvalue weighted by atomic mass is 10.1. The Labute approximate surface area is 202 Å². The highest BCUT2D eigenvalue weighted by atomic mass is 16.5. The van der Waals surface area contributed by atoms with Crippen LogP contribution in [0, 0.1) is 0 Å². The zero-order valence-electron chi connectivity index (χ0n) is 19.3. The summed E-state index contributed by atoms with van der Waals surface area (Å²) in [7, 11) is 3.25. The second kappa shape index (κ2) is 10.9. The maximum absolute atomic E-state index is 12.0. The van der Waals surface area contributed by atoms with Gasteiger partial charge in [0.15, 0.2) is 0 Å². The van der Waals surface area contributed by atoms with Crippen LogP contribution >= 0.6 is 0 Å². The number of amides is 2. The van der Waals surface area contributed by atoms with Crippen LogP contribution in [-0.2, 0) is 9.59 Å². The van der Waals surface area contributed by atoms with Crippen LogP contribution in [0.25, 0.3) is 21.5 Å². The van der Waals surface area contributed by atoms with Crippen LogP contribution in [0.1, 0.15) is 17.5 Å². The van der Waals surface area contributed by atoms with Gasteiger partial charge in [0.1, 0.15) is 17.9 Å². The molecule has 0 atom stereocenters. The smallest absolute Gasteiger partial charge is 0.249 e. The molecule has 0 heterocycles. The van der Waals surface area contributed by atoms with Gasteiger partial charge in [-0.1, -0.05) is 36.4 Å². The topological polar surface area (TPSA) is 101 Å². The quantitative estimate of drug-likeness (QED) is 0.232. The van der Waals surface area contributed by atoms with E-state index in [0.29, 0.717) is 0 Å². The van der Waals surface area contributed by atoms with Crippen LogP contribution in [0.4, 0.5) is 0 Å². The molecule has 0 aliphatic heterocycles. The highest BCUT2D eigenvalue weighted by Crippen LogP contribution is 2.22. The first-order chi connectivity index (χ1) is 17.0. The van der Waals surface area contributed by atoms with Crippen LogP contribution < -0.4 is 20.3 Å². The number of ether oxygens (including phenoxy) is 2. The number of fused-ring (bicyclic) bond motifs is 2. The van der Waals surface area contributed by atoms with E-state index in [1.165, 1.54) is 12.4 Å². The van der Waals surface area contributed by atoms with E-state index < -0.39 is 18.2 Å². The Bertz CT molecular complexity index is 1340. The lowest BCUT2D eigenvalue weighted by molar-refractivity contribution is -0.129. The first-order valence-electron chi connectivity index (χ1n) is 10.8. The van der Waals surface area contributed by atoms with E-state index in [1.54, 1.807) is 14.2 Å². The predicted molar refractivity (Wildman–Crippen MR) is 137 cm³/mol. The predicted octanol–water partition coefficient (Wildman–Crippen LogP) is 4.00. The maximum atomic E-state index is 12.0. The zero-order valence-corrected chi connectivity index (χ0v) is 19.3. The Kier molecular flexibility index (Phi) is 7.32. The van der Waals surface area contributed by atoms with Crippen molar-refractivity contribution in [2.75, 3.05) is 14.2 Å². The van der Waals surface area contributed by atoms with E-state index in [4.69, 9.17) is 9.47 Å². The minimum atomic E-state index is -0.542. The molecule has 0 aliphatic carbocycles. The molecule has 0 fully saturated rings. The van der Waals surface area contributed by atoms with Crippen LogP contribution in [0.15, 0.2) is 83.0 Å². The molecule has 0 aromatic heterocycles. The molecule has 0 saturated heterocycles. The molecule has 0 bridgehead atoms. The Morgan fingerprint density at radius 3 is 1.49 bits per heavy atom. The van der Waals surface area contributed by atoms with Crippen LogP contribution in [0.5, 0.6) is 11.5 Å². The standard InChI is InChI=1S/C27H24N4O4/c1-34-24-9-7-20-11-18(3-5-22(20)13-24)16-28-30-26(32)15-27(33)31-29-17-19-4-6-23-14-25(35-2)10-8-21(23)12-19/h3-14,16-17H,15H2,1-2H3,(H,30,32)(H,31,33)/b28-16+,29-17+. The monoisotopic (exact) mass is 468 g/mol. The summed E-state index contributed by atoms with van der Waals surface area (Å²) in [6.07, 6.45) is 2.64. The molecule has 0 spiro atoms. The third kappa shape index (κ3) is 6.20. The van der Waals surface area contributed by atoms with Gasteiger partial charge in [0.25, 0.3) is 0 Å². The summed E-state index contributed by atoms with van der Waals surface area (Å²) in [4.78, 5) is 24.0. The Morgan fingerprint density at radius 2 is 1.06 bits per heavy atom. The second-order valence-corrected chi connectivity index (χ2v) is 7.71. The van der Waals surface area contributed by atoms with Gasteiger partial charge in [-0.05, 0) is 69.1 Å². The zero-order chi connectivity index (χ0) is 24.6. The molecule has 8 nitrogen and oxygen atoms in total. The van der Waals surface area contributed by atoms with Crippen molar-refractivity contribution in [1.29, 1.82) is 0 Å². The van der Waals surface area contributed by atoms with Crippen molar-refractivity contribution in [3.63, 3.8) is 0 Å². The fourth-order valence-corrected chi connectivity index (χ4v) is 3.48. The average molecular weight is 469 g/mol. The molecule has 35 heavy (non-hydrogen) atoms. The van der Waals surface area contributed by atoms with Crippen molar-refractivity contribution in [2.24, 2.45) is 10.2 Å². The fraction of sp³-hybridized carbons (Fsp3) is 0.111. The molecule has 2 amide bonds. The Hall–Kier alpha value is -4.72. The molecule has 4 rings (SSSR count). The normalized spacial score (nSPS) is 11.3. The third-order valence-electron chi connectivity index (χ3n) is 5.27. The van der Waals surface area contributed by atoms with Gasteiger partial charge in [-0.3, -0.25) is 9.59 Å². The van der Waals surface area contributed by atoms with Crippen molar-refractivity contribution in [3.8, 4) is 11.5 Å². The van der Waals surface area contributed by atoms with Crippen molar-refractivity contribution in [3.05, 3.63) is 83.9 Å². The molecule has 0 radical (unpaired) electrons. The number of hydrogen-bond donors (Lipinski definition) is 2. The molecule has 0 saturated carbocycles. The minimum absolute atomic E-state index is 0.399. The number of hydrazone groups is 2. The summed E-state index contributed by atoms with van der Waals surface area (Å²) in [6, 6.07) is 23.1. The number of nitrogens with one attached hydrogen (secondary N) is 2. The number of carbonyl (C=O) groups is 2. The Morgan fingerprint density at radius 1 is 0.657 bits per heavy atom. The lowest BCUT2D eigenvalue weighted by Crippen LogP contribution is -2.27. The lowest BCUT2D eigenvalue weighted by Gasteiger charge is -2.04. The number of benzene rings is 4. The summed E-state index contributed by atoms with van der Waals surface area (Å²) in [5, 5.41) is 12.0. The van der Waals surface area contributed by atoms with Crippen LogP contribution in [0.2, 0.25) is 0 Å². The third-order valence-corrected chi connectivity index (χ3v) is 5.27. The molecule has 2 N–H and O–H groups in total. The van der Waals surface area contributed by atoms with E-state index in [-0.39, 0.29) is 0 Å². The van der Waals surface area contributed by atoms with Gasteiger partial charge < -0.3 is 9.47 Å². The number of carbonyl (C=O) groups excluding carboxylic acids is 2. The summed E-state index contributed by atoms with van der Waals surface area (Å²) < 4.78 is 10.5. The van der Waals surface area contributed by atoms with E-state index in [0.717, 1.165) is 44.2 Å². The molecule has 0 aliphatic rings. The number of hydrogen-bond acceptors (Lipinski definition) is 6. The fourth-order valence-electron chi connectivity index (χ4n) is 3.48. The summed E-state index contributed by atoms with van der Waals surface area (Å²) >= 11 is 0. The molecular formula is C27H24N4O4. The summed E-state index contributed by atoms with van der Waals surface area (Å²) in [5.74, 6) is 0.484. The summed E-state index contributed by atoms with van der Waals surface area (Å²) in [5.41, 5.74) is 6.33. The number of nitrogens with zero attached hydrogens (tertiary/aromatic N) is 2. The number of rotatable bonds is 8. The second-order valence-electron chi connectivity index (χ2n) is 7.71. The maximum Gasteiger partial charge on any atom is 0.249 e. The van der Waals surface area contributed by atoms with Gasteiger partial charge in [0, 0.05) is 0 Å². The molecule has 0 unspecified atom stereocenters. The molecule has 176 valence electrons. The van der Waals surface area contributed by atoms with E-state index >= 15 is 0 Å². The molecular weight excluding hydrogens is 444 g/mol. The van der Waals surface area contributed by atoms with Crippen molar-refractivity contribution in [1.82, 2.24) is 10.9 Å². The van der Waals surface area contributed by atoms with Gasteiger partial charge in [-0.15, -0.1) is 0 Å². The first-order valence-corrected chi connectivity index (χ1v) is 10.8. The van der Waals surface area contributed by atoms with Crippen molar-refractivity contribution in [2.45, 2.75) is 6.42 Å². The largest absolute Gasteiger partial charge is 0.497 e. The highest BCUT2D eigenvalue weighted by Gasteiger charge is 2.07. The first kappa shape index (κ1) is 23.4. The van der Waals surface area contributed by atoms with Crippen molar-refractivity contribution < 1.29 is 19.1 Å². The average Bonchev–Trinajstić information content (AvgIpc) is 2.87. The molecule has 4 aromatic carbocycles. The van der Waals surface area contributed by atoms with Crippen LogP contribution in [0.3, 0.4) is 0 Å². The van der Waals surface area contributed by atoms with Crippen LogP contribution in [-0.4, -0.2) is 38.5 Å². The van der Waals surface area contributed by atoms with Gasteiger partial charge in [0.05, 0.1) is 26.6 Å². The van der Waals surface area contributed by atoms with Crippen molar-refractivity contribution >= 4 is 45.8 Å². The Balaban J connectivity index is 1.26. The van der Waals surface area contributed by atoms with Gasteiger partial charge in [0.2, 0.25) is 11.8 Å². The van der Waals surface area contributed by atoms with Gasteiger partial charge >= 0.3 is 0 Å². The van der Waals surface area contributed by atoms with E-state index in [9.17, 15) is 9.59 Å². The van der Waals surface area contributed by atoms with E-state index in [2.05, 4.69) is 21.1 Å².